The number of carbonyl (C=O) groups is 3. The van der Waals surface area contributed by atoms with Crippen LogP contribution in [0.5, 0.6) is 0 Å². The zero-order chi connectivity index (χ0) is 29.3. The molecule has 4 nitrogen and oxygen atoms in total. The Morgan fingerprint density at radius 2 is 1.45 bits per heavy atom. The summed E-state index contributed by atoms with van der Waals surface area (Å²) < 4.78 is 5.79. The molecular weight excluding hydrogens is 472 g/mol. The summed E-state index contributed by atoms with van der Waals surface area (Å²) in [5.74, 6) is -0.382. The van der Waals surface area contributed by atoms with E-state index < -0.39 is 17.5 Å². The summed E-state index contributed by atoms with van der Waals surface area (Å²) in [5.41, 5.74) is 3.01. The summed E-state index contributed by atoms with van der Waals surface area (Å²) in [6, 6.07) is 0. The fourth-order valence-electron chi connectivity index (χ4n) is 5.17. The Hall–Kier alpha value is -2.23. The third kappa shape index (κ3) is 9.82. The third-order valence-corrected chi connectivity index (χ3v) is 7.88. The van der Waals surface area contributed by atoms with Crippen molar-refractivity contribution in [2.24, 2.45) is 22.7 Å². The standard InChI is InChI=1S/C34H54O4/c1-23(2)13-12-19-33(11,22-29(35)27(9)10)28(16-14-24(3)4)21-34(20-18-26(7)8)31(36)30(38-32(34)37)17-15-25(5)6/h13-15,18,27-28,30H,12,16-17,19-22H2,1-11H3/t28-,30-,33-,34-/m0/s1. The Kier molecular flexibility index (Phi) is 13.2. The molecule has 4 heteroatoms. The lowest BCUT2D eigenvalue weighted by Crippen LogP contribution is -2.41. The topological polar surface area (TPSA) is 60.4 Å². The van der Waals surface area contributed by atoms with Gasteiger partial charge in [0.15, 0.2) is 11.9 Å². The highest BCUT2D eigenvalue weighted by Crippen LogP contribution is 2.50. The van der Waals surface area contributed by atoms with E-state index >= 15 is 0 Å². The molecule has 1 heterocycles. The molecule has 0 aliphatic carbocycles. The second-order valence-electron chi connectivity index (χ2n) is 13.0. The van der Waals surface area contributed by atoms with Crippen LogP contribution in [0, 0.1) is 22.7 Å². The molecule has 1 aliphatic rings. The molecule has 0 N–H and O–H groups in total. The molecule has 0 aromatic carbocycles. The van der Waals surface area contributed by atoms with Crippen LogP contribution in [0.15, 0.2) is 46.6 Å². The number of carbonyl (C=O) groups excluding carboxylic acids is 3. The van der Waals surface area contributed by atoms with Crippen molar-refractivity contribution < 1.29 is 19.1 Å². The second-order valence-corrected chi connectivity index (χ2v) is 13.0. The van der Waals surface area contributed by atoms with Crippen molar-refractivity contribution in [1.29, 1.82) is 0 Å². The SMILES string of the molecule is CC(C)=CCC[C@@](C)(CC(=O)C(C)C)[C@@H](CC=C(C)C)C[C@]1(CC=C(C)C)C(=O)O[C@@H](CC=C(C)C)C1=O. The van der Waals surface area contributed by atoms with E-state index in [1.807, 2.05) is 53.7 Å². The van der Waals surface area contributed by atoms with E-state index in [-0.39, 0.29) is 28.8 Å². The number of Topliss-reactive ketones (excluding diaryl/α,β-unsaturated/α-hetero) is 2. The Bertz CT molecular complexity index is 960. The maximum Gasteiger partial charge on any atom is 0.320 e. The molecule has 0 radical (unpaired) electrons. The molecule has 0 bridgehead atoms. The Labute approximate surface area is 233 Å². The van der Waals surface area contributed by atoms with Gasteiger partial charge in [-0.15, -0.1) is 0 Å². The van der Waals surface area contributed by atoms with Crippen molar-refractivity contribution in [2.75, 3.05) is 0 Å². The zero-order valence-corrected chi connectivity index (χ0v) is 26.1. The molecule has 0 spiro atoms. The number of allylic oxidation sites excluding steroid dienone is 7. The van der Waals surface area contributed by atoms with Gasteiger partial charge in [0.2, 0.25) is 0 Å². The van der Waals surface area contributed by atoms with Gasteiger partial charge < -0.3 is 4.74 Å². The summed E-state index contributed by atoms with van der Waals surface area (Å²) in [5, 5.41) is 0. The lowest BCUT2D eigenvalue weighted by atomic mass is 9.61. The number of ketones is 2. The van der Waals surface area contributed by atoms with E-state index in [2.05, 4.69) is 46.8 Å². The highest BCUT2D eigenvalue weighted by Gasteiger charge is 2.58. The number of hydrogen-bond donors (Lipinski definition) is 0. The first-order valence-electron chi connectivity index (χ1n) is 14.4. The molecule has 0 aromatic heterocycles. The van der Waals surface area contributed by atoms with Crippen molar-refractivity contribution in [3.8, 4) is 0 Å². The first-order chi connectivity index (χ1) is 17.5. The molecule has 0 unspecified atom stereocenters. The van der Waals surface area contributed by atoms with Gasteiger partial charge >= 0.3 is 5.97 Å². The molecular formula is C34H54O4. The number of rotatable bonds is 15. The highest BCUT2D eigenvalue weighted by atomic mass is 16.6. The number of hydrogen-bond acceptors (Lipinski definition) is 4. The van der Waals surface area contributed by atoms with E-state index in [1.165, 1.54) is 11.1 Å². The van der Waals surface area contributed by atoms with Gasteiger partial charge in [0.05, 0.1) is 0 Å². The number of cyclic esters (lactones) is 1. The van der Waals surface area contributed by atoms with Gasteiger partial charge in [-0.1, -0.05) is 67.4 Å². The Balaban J connectivity index is 3.66. The van der Waals surface area contributed by atoms with Crippen molar-refractivity contribution >= 4 is 17.5 Å². The fraction of sp³-hybridized carbons (Fsp3) is 0.676. The van der Waals surface area contributed by atoms with E-state index in [4.69, 9.17) is 4.74 Å². The smallest absolute Gasteiger partial charge is 0.320 e. The van der Waals surface area contributed by atoms with Crippen molar-refractivity contribution in [2.45, 2.75) is 127 Å². The lowest BCUT2D eigenvalue weighted by Gasteiger charge is -2.41. The summed E-state index contributed by atoms with van der Waals surface area (Å²) >= 11 is 0. The average molecular weight is 527 g/mol. The normalized spacial score (nSPS) is 21.3. The fourth-order valence-corrected chi connectivity index (χ4v) is 5.17. The molecule has 1 fully saturated rings. The van der Waals surface area contributed by atoms with Gasteiger partial charge in [-0.05, 0) is 98.8 Å². The molecule has 0 aromatic rings. The molecule has 0 saturated carbocycles. The van der Waals surface area contributed by atoms with Crippen LogP contribution in [0.4, 0.5) is 0 Å². The molecule has 0 amide bonds. The number of esters is 1. The molecule has 1 saturated heterocycles. The van der Waals surface area contributed by atoms with Crippen LogP contribution in [-0.4, -0.2) is 23.6 Å². The van der Waals surface area contributed by atoms with Crippen LogP contribution in [0.25, 0.3) is 0 Å². The molecule has 1 rings (SSSR count). The van der Waals surface area contributed by atoms with Gasteiger partial charge in [-0.2, -0.15) is 0 Å². The van der Waals surface area contributed by atoms with E-state index in [9.17, 15) is 14.4 Å². The van der Waals surface area contributed by atoms with Crippen LogP contribution >= 0.6 is 0 Å². The van der Waals surface area contributed by atoms with Crippen molar-refractivity contribution in [3.05, 3.63) is 46.6 Å². The molecule has 38 heavy (non-hydrogen) atoms. The Morgan fingerprint density at radius 1 is 0.895 bits per heavy atom. The highest BCUT2D eigenvalue weighted by molar-refractivity contribution is 6.11. The van der Waals surface area contributed by atoms with Crippen molar-refractivity contribution in [1.82, 2.24) is 0 Å². The van der Waals surface area contributed by atoms with Crippen LogP contribution in [0.1, 0.15) is 121 Å². The van der Waals surface area contributed by atoms with Crippen LogP contribution in [0.2, 0.25) is 0 Å². The van der Waals surface area contributed by atoms with Crippen LogP contribution < -0.4 is 0 Å². The average Bonchev–Trinajstić information content (AvgIpc) is 3.02. The molecule has 4 atom stereocenters. The first-order valence-corrected chi connectivity index (χ1v) is 14.4. The van der Waals surface area contributed by atoms with E-state index in [0.29, 0.717) is 25.7 Å². The van der Waals surface area contributed by atoms with Crippen molar-refractivity contribution in [3.63, 3.8) is 0 Å². The van der Waals surface area contributed by atoms with Gasteiger partial charge in [0, 0.05) is 18.8 Å². The van der Waals surface area contributed by atoms with Gasteiger partial charge in [-0.3, -0.25) is 14.4 Å². The molecule has 214 valence electrons. The van der Waals surface area contributed by atoms with Crippen LogP contribution in [-0.2, 0) is 19.1 Å². The number of ether oxygens (including phenoxy) is 1. The minimum Gasteiger partial charge on any atom is -0.453 e. The summed E-state index contributed by atoms with van der Waals surface area (Å²) in [4.78, 5) is 40.8. The van der Waals surface area contributed by atoms with Gasteiger partial charge in [0.1, 0.15) is 11.2 Å². The maximum atomic E-state index is 14.0. The first kappa shape index (κ1) is 33.8. The predicted molar refractivity (Wildman–Crippen MR) is 159 cm³/mol. The van der Waals surface area contributed by atoms with Crippen LogP contribution in [0.3, 0.4) is 0 Å². The van der Waals surface area contributed by atoms with E-state index in [1.54, 1.807) is 0 Å². The zero-order valence-electron chi connectivity index (χ0n) is 26.1. The Morgan fingerprint density at radius 3 is 1.95 bits per heavy atom. The lowest BCUT2D eigenvalue weighted by molar-refractivity contribution is -0.150. The summed E-state index contributed by atoms with van der Waals surface area (Å²) in [7, 11) is 0. The quantitative estimate of drug-likeness (QED) is 0.121. The van der Waals surface area contributed by atoms with Gasteiger partial charge in [-0.25, -0.2) is 0 Å². The minimum absolute atomic E-state index is 0.0325. The molecule has 1 aliphatic heterocycles. The van der Waals surface area contributed by atoms with Gasteiger partial charge in [0.25, 0.3) is 0 Å². The second kappa shape index (κ2) is 14.8. The summed E-state index contributed by atoms with van der Waals surface area (Å²) in [6.45, 7) is 22.4. The summed E-state index contributed by atoms with van der Waals surface area (Å²) in [6.07, 6.45) is 11.6. The predicted octanol–water partition coefficient (Wildman–Crippen LogP) is 8.91. The van der Waals surface area contributed by atoms with E-state index in [0.717, 1.165) is 30.4 Å². The maximum absolute atomic E-state index is 14.0. The monoisotopic (exact) mass is 526 g/mol. The minimum atomic E-state index is -1.23. The third-order valence-electron chi connectivity index (χ3n) is 7.88. The largest absolute Gasteiger partial charge is 0.453 e.